The molecule has 0 aliphatic heterocycles. The maximum absolute atomic E-state index is 11.8. The minimum absolute atomic E-state index is 0.0256. The lowest BCUT2D eigenvalue weighted by molar-refractivity contribution is -0.145. The van der Waals surface area contributed by atoms with Crippen LogP contribution in [0.2, 0.25) is 5.02 Å². The van der Waals surface area contributed by atoms with Crippen molar-refractivity contribution in [2.24, 2.45) is 5.92 Å². The van der Waals surface area contributed by atoms with E-state index in [-0.39, 0.29) is 11.9 Å². The second-order valence-electron chi connectivity index (χ2n) is 5.29. The fraction of sp³-hybridized carbons (Fsp3) is 0.438. The Morgan fingerprint density at radius 1 is 1.50 bits per heavy atom. The van der Waals surface area contributed by atoms with Crippen molar-refractivity contribution < 1.29 is 9.53 Å². The molecule has 3 rings (SSSR count). The van der Waals surface area contributed by atoms with Crippen molar-refractivity contribution in [1.82, 2.24) is 4.57 Å². The maximum atomic E-state index is 11.8. The Hall–Kier alpha value is -1.48. The topological polar surface area (TPSA) is 31.2 Å². The van der Waals surface area contributed by atoms with E-state index in [9.17, 15) is 4.79 Å². The summed E-state index contributed by atoms with van der Waals surface area (Å²) in [6.45, 7) is 3.09. The number of rotatable bonds is 2. The summed E-state index contributed by atoms with van der Waals surface area (Å²) in [6, 6.07) is 6.02. The predicted molar refractivity (Wildman–Crippen MR) is 80.2 cm³/mol. The molecular formula is C16H18ClNO2. The Bertz CT molecular complexity index is 675. The minimum atomic E-state index is -0.102. The van der Waals surface area contributed by atoms with Crippen LogP contribution in [0.3, 0.4) is 0 Å². The molecule has 0 amide bonds. The summed E-state index contributed by atoms with van der Waals surface area (Å²) in [5.74, 6) is -0.127. The summed E-state index contributed by atoms with van der Waals surface area (Å²) in [5, 5.41) is 1.93. The van der Waals surface area contributed by atoms with Gasteiger partial charge in [0, 0.05) is 28.2 Å². The Morgan fingerprint density at radius 2 is 2.30 bits per heavy atom. The van der Waals surface area contributed by atoms with E-state index in [0.29, 0.717) is 0 Å². The highest BCUT2D eigenvalue weighted by atomic mass is 35.5. The average Bonchev–Trinajstić information content (AvgIpc) is 2.78. The summed E-state index contributed by atoms with van der Waals surface area (Å²) in [4.78, 5) is 11.8. The number of aromatic nitrogens is 1. The van der Waals surface area contributed by atoms with Gasteiger partial charge in [0.1, 0.15) is 0 Å². The van der Waals surface area contributed by atoms with Gasteiger partial charge in [-0.15, -0.1) is 0 Å². The lowest BCUT2D eigenvalue weighted by Gasteiger charge is -2.21. The van der Waals surface area contributed by atoms with Crippen LogP contribution < -0.4 is 0 Å². The summed E-state index contributed by atoms with van der Waals surface area (Å²) < 4.78 is 7.24. The van der Waals surface area contributed by atoms with Gasteiger partial charge in [-0.25, -0.2) is 0 Å². The molecule has 0 fully saturated rings. The SMILES string of the molecule is CCn1c2c(c3cc(Cl)ccc31)CC(C(=O)OC)CC2. The number of nitrogens with zero attached hydrogens (tertiary/aromatic N) is 1. The molecule has 0 saturated carbocycles. The number of hydrogen-bond acceptors (Lipinski definition) is 2. The molecule has 20 heavy (non-hydrogen) atoms. The average molecular weight is 292 g/mol. The van der Waals surface area contributed by atoms with Crippen molar-refractivity contribution in [2.45, 2.75) is 32.7 Å². The fourth-order valence-corrected chi connectivity index (χ4v) is 3.52. The Labute approximate surface area is 123 Å². The van der Waals surface area contributed by atoms with Crippen molar-refractivity contribution in [1.29, 1.82) is 0 Å². The quantitative estimate of drug-likeness (QED) is 0.792. The molecule has 4 heteroatoms. The standard InChI is InChI=1S/C16H18ClNO2/c1-3-18-14-6-4-10(16(19)20-2)8-12(14)13-9-11(17)5-7-15(13)18/h5,7,9-10H,3-4,6,8H2,1-2H3. The molecule has 0 saturated heterocycles. The first-order chi connectivity index (χ1) is 9.65. The third-order valence-corrected chi connectivity index (χ3v) is 4.51. The molecular weight excluding hydrogens is 274 g/mol. The van der Waals surface area contributed by atoms with Gasteiger partial charge in [0.2, 0.25) is 0 Å². The zero-order valence-electron chi connectivity index (χ0n) is 11.8. The summed E-state index contributed by atoms with van der Waals surface area (Å²) in [6.07, 6.45) is 2.55. The number of ether oxygens (including phenoxy) is 1. The van der Waals surface area contributed by atoms with Gasteiger partial charge < -0.3 is 9.30 Å². The van der Waals surface area contributed by atoms with Crippen molar-refractivity contribution in [3.05, 3.63) is 34.5 Å². The number of methoxy groups -OCH3 is 1. The molecule has 1 aromatic heterocycles. The predicted octanol–water partition coefficient (Wildman–Crippen LogP) is 3.59. The number of halogens is 1. The van der Waals surface area contributed by atoms with Crippen molar-refractivity contribution in [3.8, 4) is 0 Å². The number of carbonyl (C=O) groups excluding carboxylic acids is 1. The lowest BCUT2D eigenvalue weighted by Crippen LogP contribution is -2.24. The normalized spacial score (nSPS) is 18.1. The van der Waals surface area contributed by atoms with Crippen LogP contribution in [0.15, 0.2) is 18.2 Å². The molecule has 106 valence electrons. The van der Waals surface area contributed by atoms with Gasteiger partial charge in [0.25, 0.3) is 0 Å². The van der Waals surface area contributed by atoms with Crippen molar-refractivity contribution in [3.63, 3.8) is 0 Å². The molecule has 1 atom stereocenters. The zero-order valence-corrected chi connectivity index (χ0v) is 12.5. The van der Waals surface area contributed by atoms with Gasteiger partial charge in [-0.1, -0.05) is 11.6 Å². The zero-order chi connectivity index (χ0) is 14.3. The highest BCUT2D eigenvalue weighted by molar-refractivity contribution is 6.31. The molecule has 0 radical (unpaired) electrons. The van der Waals surface area contributed by atoms with Crippen LogP contribution in [0.5, 0.6) is 0 Å². The molecule has 1 aliphatic carbocycles. The molecule has 1 aromatic carbocycles. The van der Waals surface area contributed by atoms with Gasteiger partial charge in [-0.05, 0) is 49.9 Å². The van der Waals surface area contributed by atoms with E-state index >= 15 is 0 Å². The number of hydrogen-bond donors (Lipinski definition) is 0. The third kappa shape index (κ3) is 2.01. The van der Waals surface area contributed by atoms with Crippen LogP contribution in [0.1, 0.15) is 24.6 Å². The summed E-state index contributed by atoms with van der Waals surface area (Å²) in [5.41, 5.74) is 3.84. The van der Waals surface area contributed by atoms with Gasteiger partial charge in [0.15, 0.2) is 0 Å². The minimum Gasteiger partial charge on any atom is -0.469 e. The van der Waals surface area contributed by atoms with Crippen molar-refractivity contribution >= 4 is 28.5 Å². The number of esters is 1. The van der Waals surface area contributed by atoms with Crippen molar-refractivity contribution in [2.75, 3.05) is 7.11 Å². The van der Waals surface area contributed by atoms with Gasteiger partial charge in [0.05, 0.1) is 13.0 Å². The molecule has 1 unspecified atom stereocenters. The van der Waals surface area contributed by atoms with E-state index in [1.165, 1.54) is 29.3 Å². The van der Waals surface area contributed by atoms with Crippen LogP contribution in [0.4, 0.5) is 0 Å². The van der Waals surface area contributed by atoms with E-state index in [4.69, 9.17) is 16.3 Å². The van der Waals surface area contributed by atoms with Crippen LogP contribution in [-0.4, -0.2) is 17.6 Å². The largest absolute Gasteiger partial charge is 0.469 e. The number of fused-ring (bicyclic) bond motifs is 3. The Morgan fingerprint density at radius 3 is 3.00 bits per heavy atom. The number of carbonyl (C=O) groups is 1. The first-order valence-electron chi connectivity index (χ1n) is 7.03. The van der Waals surface area contributed by atoms with Gasteiger partial charge >= 0.3 is 5.97 Å². The van der Waals surface area contributed by atoms with Crippen LogP contribution in [-0.2, 0) is 28.9 Å². The van der Waals surface area contributed by atoms with Gasteiger partial charge in [-0.2, -0.15) is 0 Å². The first-order valence-corrected chi connectivity index (χ1v) is 7.40. The van der Waals surface area contributed by atoms with Crippen LogP contribution in [0, 0.1) is 5.92 Å². The highest BCUT2D eigenvalue weighted by Crippen LogP contribution is 2.35. The first kappa shape index (κ1) is 13.5. The maximum Gasteiger partial charge on any atom is 0.309 e. The molecule has 1 heterocycles. The molecule has 1 aliphatic rings. The number of benzene rings is 1. The molecule has 0 bridgehead atoms. The number of aryl methyl sites for hydroxylation is 1. The molecule has 0 spiro atoms. The molecule has 3 nitrogen and oxygen atoms in total. The summed E-state index contributed by atoms with van der Waals surface area (Å²) in [7, 11) is 1.46. The highest BCUT2D eigenvalue weighted by Gasteiger charge is 2.29. The van der Waals surface area contributed by atoms with Crippen LogP contribution >= 0.6 is 11.6 Å². The van der Waals surface area contributed by atoms with E-state index in [1.54, 1.807) is 0 Å². The Balaban J connectivity index is 2.14. The van der Waals surface area contributed by atoms with E-state index < -0.39 is 0 Å². The van der Waals surface area contributed by atoms with Crippen LogP contribution in [0.25, 0.3) is 10.9 Å². The van der Waals surface area contributed by atoms with Gasteiger partial charge in [-0.3, -0.25) is 4.79 Å². The smallest absolute Gasteiger partial charge is 0.309 e. The monoisotopic (exact) mass is 291 g/mol. The summed E-state index contributed by atoms with van der Waals surface area (Å²) >= 11 is 6.14. The second kappa shape index (κ2) is 5.13. The van der Waals surface area contributed by atoms with E-state index in [0.717, 1.165) is 30.8 Å². The lowest BCUT2D eigenvalue weighted by atomic mass is 9.86. The Kier molecular flexibility index (Phi) is 3.47. The second-order valence-corrected chi connectivity index (χ2v) is 5.73. The molecule has 0 N–H and O–H groups in total. The van der Waals surface area contributed by atoms with E-state index in [1.807, 2.05) is 12.1 Å². The third-order valence-electron chi connectivity index (χ3n) is 4.28. The van der Waals surface area contributed by atoms with E-state index in [2.05, 4.69) is 17.6 Å². The molecule has 2 aromatic rings. The fourth-order valence-electron chi connectivity index (χ4n) is 3.35.